The number of ether oxygens (including phenoxy) is 1. The highest BCUT2D eigenvalue weighted by Crippen LogP contribution is 2.39. The van der Waals surface area contributed by atoms with Gasteiger partial charge in [0.25, 0.3) is 5.91 Å². The molecule has 1 spiro atoms. The third-order valence-corrected chi connectivity index (χ3v) is 6.39. The quantitative estimate of drug-likeness (QED) is 0.545. The lowest BCUT2D eigenvalue weighted by atomic mass is 9.86. The SMILES string of the molecule is COc1ccc(Cn2nc3n(c(=O)c2=O)C[C@]2(CCN(C(=O)c4ccn(C)n4)C2)C3)cc1. The normalized spacial score (nSPS) is 19.5. The number of carbonyl (C=O) groups excluding carboxylic acids is 1. The van der Waals surface area contributed by atoms with Crippen molar-refractivity contribution in [1.82, 2.24) is 29.0 Å². The number of rotatable bonds is 4. The molecule has 0 bridgehead atoms. The molecule has 0 N–H and O–H groups in total. The van der Waals surface area contributed by atoms with Gasteiger partial charge in [0.15, 0.2) is 0 Å². The first kappa shape index (κ1) is 20.2. The van der Waals surface area contributed by atoms with Gasteiger partial charge in [0, 0.05) is 44.7 Å². The fourth-order valence-corrected chi connectivity index (χ4v) is 4.69. The molecule has 10 heteroatoms. The molecule has 1 atom stereocenters. The first-order valence-corrected chi connectivity index (χ1v) is 10.5. The molecule has 0 aliphatic carbocycles. The van der Waals surface area contributed by atoms with Crippen LogP contribution < -0.4 is 15.9 Å². The van der Waals surface area contributed by atoms with Gasteiger partial charge in [-0.05, 0) is 30.2 Å². The van der Waals surface area contributed by atoms with Crippen LogP contribution in [0.15, 0.2) is 46.1 Å². The molecule has 1 amide bonds. The molecule has 1 aromatic carbocycles. The van der Waals surface area contributed by atoms with E-state index in [0.29, 0.717) is 37.6 Å². The number of hydrogen-bond donors (Lipinski definition) is 0. The number of methoxy groups -OCH3 is 1. The Balaban J connectivity index is 1.37. The lowest BCUT2D eigenvalue weighted by Gasteiger charge is -2.22. The van der Waals surface area contributed by atoms with Crippen LogP contribution in [0, 0.1) is 5.41 Å². The van der Waals surface area contributed by atoms with E-state index in [2.05, 4.69) is 10.2 Å². The molecular weight excluding hydrogens is 412 g/mol. The van der Waals surface area contributed by atoms with E-state index in [1.807, 2.05) is 12.1 Å². The Bertz CT molecular complexity index is 1310. The molecule has 10 nitrogen and oxygen atoms in total. The summed E-state index contributed by atoms with van der Waals surface area (Å²) in [5, 5.41) is 8.72. The summed E-state index contributed by atoms with van der Waals surface area (Å²) in [6, 6.07) is 9.01. The predicted octanol–water partition coefficient (Wildman–Crippen LogP) is 0.284. The van der Waals surface area contributed by atoms with Crippen LogP contribution in [0.2, 0.25) is 0 Å². The number of aromatic nitrogens is 5. The highest BCUT2D eigenvalue weighted by molar-refractivity contribution is 5.92. The Labute approximate surface area is 183 Å². The van der Waals surface area contributed by atoms with Crippen LogP contribution in [-0.4, -0.2) is 55.1 Å². The molecule has 3 aromatic rings. The van der Waals surface area contributed by atoms with Gasteiger partial charge in [0.2, 0.25) is 0 Å². The summed E-state index contributed by atoms with van der Waals surface area (Å²) in [4.78, 5) is 40.1. The van der Waals surface area contributed by atoms with E-state index in [0.717, 1.165) is 17.7 Å². The smallest absolute Gasteiger partial charge is 0.332 e. The standard InChI is InChI=1S/C22H24N6O4/c1-25-9-7-17(23-25)19(29)26-10-8-22(13-26)11-18-24-28(21(31)20(30)27(18)14-22)12-15-3-5-16(32-2)6-4-15/h3-7,9H,8,10-14H2,1-2H3/t22-/m1/s1. The maximum Gasteiger partial charge on any atom is 0.332 e. The Morgan fingerprint density at radius 1 is 1.09 bits per heavy atom. The van der Waals surface area contributed by atoms with Crippen molar-refractivity contribution in [2.24, 2.45) is 12.5 Å². The highest BCUT2D eigenvalue weighted by Gasteiger charge is 2.46. The number of likely N-dealkylation sites (tertiary alicyclic amines) is 1. The Morgan fingerprint density at radius 3 is 2.56 bits per heavy atom. The van der Waals surface area contributed by atoms with Crippen LogP contribution in [0.5, 0.6) is 5.75 Å². The minimum Gasteiger partial charge on any atom is -0.497 e. The summed E-state index contributed by atoms with van der Waals surface area (Å²) in [6.07, 6.45) is 3.05. The summed E-state index contributed by atoms with van der Waals surface area (Å²) in [5.41, 5.74) is -0.217. The fourth-order valence-electron chi connectivity index (χ4n) is 4.69. The number of nitrogens with zero attached hydrogens (tertiary/aromatic N) is 6. The van der Waals surface area contributed by atoms with Crippen LogP contribution in [0.4, 0.5) is 0 Å². The summed E-state index contributed by atoms with van der Waals surface area (Å²) >= 11 is 0. The zero-order valence-corrected chi connectivity index (χ0v) is 18.0. The lowest BCUT2D eigenvalue weighted by molar-refractivity contribution is 0.0765. The second-order valence-corrected chi connectivity index (χ2v) is 8.65. The van der Waals surface area contributed by atoms with Crippen LogP contribution >= 0.6 is 0 Å². The van der Waals surface area contributed by atoms with Gasteiger partial charge in [-0.25, -0.2) is 4.68 Å². The van der Waals surface area contributed by atoms with Gasteiger partial charge >= 0.3 is 11.1 Å². The van der Waals surface area contributed by atoms with E-state index in [1.54, 1.807) is 48.1 Å². The van der Waals surface area contributed by atoms with Gasteiger partial charge in [0.05, 0.1) is 13.7 Å². The van der Waals surface area contributed by atoms with Crippen molar-refractivity contribution in [3.8, 4) is 5.75 Å². The Kier molecular flexibility index (Phi) is 4.72. The summed E-state index contributed by atoms with van der Waals surface area (Å²) in [6.45, 7) is 1.72. The van der Waals surface area contributed by atoms with E-state index in [9.17, 15) is 14.4 Å². The van der Waals surface area contributed by atoms with Crippen molar-refractivity contribution in [2.45, 2.75) is 25.9 Å². The minimum atomic E-state index is -0.638. The molecule has 0 saturated carbocycles. The summed E-state index contributed by atoms with van der Waals surface area (Å²) in [5.74, 6) is 1.20. The first-order chi connectivity index (χ1) is 15.4. The molecule has 2 aromatic heterocycles. The van der Waals surface area contributed by atoms with Crippen LogP contribution in [-0.2, 0) is 26.6 Å². The predicted molar refractivity (Wildman–Crippen MR) is 115 cm³/mol. The molecule has 0 unspecified atom stereocenters. The summed E-state index contributed by atoms with van der Waals surface area (Å²) < 4.78 is 9.49. The van der Waals surface area contributed by atoms with Gasteiger partial charge < -0.3 is 9.64 Å². The van der Waals surface area contributed by atoms with Crippen LogP contribution in [0.3, 0.4) is 0 Å². The topological polar surface area (TPSA) is 104 Å². The second-order valence-electron chi connectivity index (χ2n) is 8.65. The third-order valence-electron chi connectivity index (χ3n) is 6.39. The van der Waals surface area contributed by atoms with Gasteiger partial charge in [-0.2, -0.15) is 10.2 Å². The zero-order valence-electron chi connectivity index (χ0n) is 18.0. The first-order valence-electron chi connectivity index (χ1n) is 10.5. The molecule has 5 rings (SSSR count). The fraction of sp³-hybridized carbons (Fsp3) is 0.409. The van der Waals surface area contributed by atoms with E-state index >= 15 is 0 Å². The molecule has 166 valence electrons. The third kappa shape index (κ3) is 3.41. The molecule has 2 aliphatic heterocycles. The minimum absolute atomic E-state index is 0.113. The number of amides is 1. The molecule has 4 heterocycles. The van der Waals surface area contributed by atoms with Crippen LogP contribution in [0.1, 0.15) is 28.3 Å². The molecule has 0 radical (unpaired) electrons. The van der Waals surface area contributed by atoms with Gasteiger partial charge in [-0.3, -0.25) is 23.6 Å². The second kappa shape index (κ2) is 7.47. The molecule has 32 heavy (non-hydrogen) atoms. The largest absolute Gasteiger partial charge is 0.497 e. The number of fused-ring (bicyclic) bond motifs is 1. The maximum atomic E-state index is 12.8. The number of hydrogen-bond acceptors (Lipinski definition) is 6. The van der Waals surface area contributed by atoms with Crippen molar-refractivity contribution in [3.63, 3.8) is 0 Å². The maximum absolute atomic E-state index is 12.8. The average molecular weight is 436 g/mol. The average Bonchev–Trinajstić information content (AvgIpc) is 3.51. The number of aryl methyl sites for hydroxylation is 1. The van der Waals surface area contributed by atoms with E-state index < -0.39 is 11.1 Å². The van der Waals surface area contributed by atoms with Gasteiger partial charge in [0.1, 0.15) is 17.3 Å². The molecular formula is C22H24N6O4. The molecule has 2 aliphatic rings. The Morgan fingerprint density at radius 2 is 1.88 bits per heavy atom. The molecule has 1 saturated heterocycles. The highest BCUT2D eigenvalue weighted by atomic mass is 16.5. The van der Waals surface area contributed by atoms with Crippen molar-refractivity contribution >= 4 is 5.91 Å². The van der Waals surface area contributed by atoms with Crippen molar-refractivity contribution < 1.29 is 9.53 Å². The number of carbonyl (C=O) groups is 1. The number of benzene rings is 1. The van der Waals surface area contributed by atoms with Crippen molar-refractivity contribution in [3.05, 3.63) is 74.3 Å². The van der Waals surface area contributed by atoms with Crippen molar-refractivity contribution in [1.29, 1.82) is 0 Å². The van der Waals surface area contributed by atoms with Gasteiger partial charge in [-0.1, -0.05) is 12.1 Å². The van der Waals surface area contributed by atoms with E-state index in [1.165, 1.54) is 9.25 Å². The van der Waals surface area contributed by atoms with Gasteiger partial charge in [-0.15, -0.1) is 0 Å². The van der Waals surface area contributed by atoms with E-state index in [4.69, 9.17) is 4.74 Å². The monoisotopic (exact) mass is 436 g/mol. The Hall–Kier alpha value is -3.69. The lowest BCUT2D eigenvalue weighted by Crippen LogP contribution is -2.43. The summed E-state index contributed by atoms with van der Waals surface area (Å²) in [7, 11) is 3.36. The van der Waals surface area contributed by atoms with Crippen molar-refractivity contribution in [2.75, 3.05) is 20.2 Å². The van der Waals surface area contributed by atoms with E-state index in [-0.39, 0.29) is 17.9 Å². The molecule has 1 fully saturated rings. The van der Waals surface area contributed by atoms with Crippen LogP contribution in [0.25, 0.3) is 0 Å². The zero-order chi connectivity index (χ0) is 22.5.